The van der Waals surface area contributed by atoms with Crippen LogP contribution in [0.15, 0.2) is 0 Å². The second-order valence-electron chi connectivity index (χ2n) is 4.63. The Bertz CT molecular complexity index is 200. The molecule has 1 aliphatic rings. The Hall–Kier alpha value is -0.570. The molecule has 0 aliphatic carbocycles. The fourth-order valence-corrected chi connectivity index (χ4v) is 2.18. The average molecular weight is 212 g/mol. The zero-order valence-corrected chi connectivity index (χ0v) is 10.3. The molecule has 0 bridgehead atoms. The predicted molar refractivity (Wildman–Crippen MR) is 62.7 cm³/mol. The minimum atomic E-state index is 0.211. The molecule has 1 heterocycles. The number of nitrogens with one attached hydrogen (secondary N) is 1. The topological polar surface area (TPSA) is 32.3 Å². The molecule has 3 heteroatoms. The van der Waals surface area contributed by atoms with Crippen molar-refractivity contribution in [3.63, 3.8) is 0 Å². The lowest BCUT2D eigenvalue weighted by molar-refractivity contribution is -0.136. The number of amides is 1. The maximum atomic E-state index is 12.1. The summed E-state index contributed by atoms with van der Waals surface area (Å²) in [4.78, 5) is 14.0. The summed E-state index contributed by atoms with van der Waals surface area (Å²) in [7, 11) is 1.94. The van der Waals surface area contributed by atoms with Gasteiger partial charge >= 0.3 is 0 Å². The van der Waals surface area contributed by atoms with Crippen LogP contribution in [-0.4, -0.2) is 37.0 Å². The van der Waals surface area contributed by atoms with Gasteiger partial charge in [0.05, 0.1) is 5.92 Å². The van der Waals surface area contributed by atoms with Crippen LogP contribution in [0.4, 0.5) is 0 Å². The second-order valence-corrected chi connectivity index (χ2v) is 4.63. The van der Waals surface area contributed by atoms with Crippen LogP contribution in [0.2, 0.25) is 0 Å². The predicted octanol–water partition coefficient (Wildman–Crippen LogP) is 1.63. The van der Waals surface area contributed by atoms with Gasteiger partial charge in [0.1, 0.15) is 0 Å². The largest absolute Gasteiger partial charge is 0.343 e. The van der Waals surface area contributed by atoms with Crippen molar-refractivity contribution in [2.24, 2.45) is 5.92 Å². The zero-order valence-electron chi connectivity index (χ0n) is 10.3. The van der Waals surface area contributed by atoms with Gasteiger partial charge < -0.3 is 10.2 Å². The second kappa shape index (κ2) is 6.11. The maximum absolute atomic E-state index is 12.1. The molecule has 1 fully saturated rings. The summed E-state index contributed by atoms with van der Waals surface area (Å²) in [6.07, 6.45) is 4.42. The van der Waals surface area contributed by atoms with Crippen LogP contribution in [0, 0.1) is 5.92 Å². The quantitative estimate of drug-likeness (QED) is 0.768. The molecule has 1 rings (SSSR count). The third kappa shape index (κ3) is 3.49. The SMILES string of the molecule is CCCC(C)N(C)C(=O)[C@@H]1CCCNC1. The van der Waals surface area contributed by atoms with E-state index < -0.39 is 0 Å². The van der Waals surface area contributed by atoms with Crippen molar-refractivity contribution in [2.45, 2.75) is 45.6 Å². The molecular weight excluding hydrogens is 188 g/mol. The number of hydrogen-bond donors (Lipinski definition) is 1. The molecule has 1 amide bonds. The van der Waals surface area contributed by atoms with Gasteiger partial charge in [-0.3, -0.25) is 4.79 Å². The van der Waals surface area contributed by atoms with Gasteiger partial charge in [-0.1, -0.05) is 13.3 Å². The van der Waals surface area contributed by atoms with E-state index in [2.05, 4.69) is 19.2 Å². The summed E-state index contributed by atoms with van der Waals surface area (Å²) in [5.41, 5.74) is 0. The zero-order chi connectivity index (χ0) is 11.3. The summed E-state index contributed by atoms with van der Waals surface area (Å²) >= 11 is 0. The van der Waals surface area contributed by atoms with Gasteiger partial charge in [-0.25, -0.2) is 0 Å². The van der Waals surface area contributed by atoms with Crippen LogP contribution in [0.3, 0.4) is 0 Å². The molecular formula is C12H24N2O. The van der Waals surface area contributed by atoms with Crippen molar-refractivity contribution in [1.29, 1.82) is 0 Å². The lowest BCUT2D eigenvalue weighted by Crippen LogP contribution is -2.44. The Labute approximate surface area is 93.2 Å². The van der Waals surface area contributed by atoms with Crippen molar-refractivity contribution in [2.75, 3.05) is 20.1 Å². The van der Waals surface area contributed by atoms with Crippen molar-refractivity contribution < 1.29 is 4.79 Å². The van der Waals surface area contributed by atoms with Crippen LogP contribution in [0.25, 0.3) is 0 Å². The number of nitrogens with zero attached hydrogens (tertiary/aromatic N) is 1. The third-order valence-electron chi connectivity index (χ3n) is 3.36. The average Bonchev–Trinajstić information content (AvgIpc) is 2.28. The molecule has 3 nitrogen and oxygen atoms in total. The Balaban J connectivity index is 2.43. The first-order chi connectivity index (χ1) is 7.16. The van der Waals surface area contributed by atoms with E-state index in [0.29, 0.717) is 11.9 Å². The summed E-state index contributed by atoms with van der Waals surface area (Å²) in [6.45, 7) is 6.23. The molecule has 0 aromatic carbocycles. The first-order valence-electron chi connectivity index (χ1n) is 6.14. The summed E-state index contributed by atoms with van der Waals surface area (Å²) in [6, 6.07) is 0.379. The van der Waals surface area contributed by atoms with Crippen LogP contribution in [-0.2, 0) is 4.79 Å². The number of piperidine rings is 1. The van der Waals surface area contributed by atoms with Crippen molar-refractivity contribution >= 4 is 5.91 Å². The highest BCUT2D eigenvalue weighted by Gasteiger charge is 2.25. The summed E-state index contributed by atoms with van der Waals surface area (Å²) in [5.74, 6) is 0.534. The van der Waals surface area contributed by atoms with Crippen LogP contribution >= 0.6 is 0 Å². The van der Waals surface area contributed by atoms with E-state index in [1.165, 1.54) is 0 Å². The summed E-state index contributed by atoms with van der Waals surface area (Å²) in [5, 5.41) is 3.29. The lowest BCUT2D eigenvalue weighted by Gasteiger charge is -2.30. The number of carbonyl (C=O) groups excluding carboxylic acids is 1. The standard InChI is InChI=1S/C12H24N2O/c1-4-6-10(2)14(3)12(15)11-7-5-8-13-9-11/h10-11,13H,4-9H2,1-3H3/t10?,11-/m1/s1. The highest BCUT2D eigenvalue weighted by Crippen LogP contribution is 2.15. The Morgan fingerprint density at radius 1 is 1.60 bits per heavy atom. The van der Waals surface area contributed by atoms with Gasteiger partial charge in [0.25, 0.3) is 0 Å². The minimum Gasteiger partial charge on any atom is -0.343 e. The van der Waals surface area contributed by atoms with Crippen LogP contribution < -0.4 is 5.32 Å². The Morgan fingerprint density at radius 2 is 2.33 bits per heavy atom. The van der Waals surface area contributed by atoms with Gasteiger partial charge in [0, 0.05) is 19.6 Å². The first-order valence-corrected chi connectivity index (χ1v) is 6.14. The monoisotopic (exact) mass is 212 g/mol. The molecule has 1 unspecified atom stereocenters. The molecule has 0 spiro atoms. The Kier molecular flexibility index (Phi) is 5.09. The van der Waals surface area contributed by atoms with Crippen molar-refractivity contribution in [1.82, 2.24) is 10.2 Å². The van der Waals surface area contributed by atoms with Crippen molar-refractivity contribution in [3.8, 4) is 0 Å². The van der Waals surface area contributed by atoms with Gasteiger partial charge in [0.2, 0.25) is 5.91 Å². The van der Waals surface area contributed by atoms with E-state index in [0.717, 1.165) is 38.8 Å². The number of rotatable bonds is 4. The summed E-state index contributed by atoms with van der Waals surface area (Å²) < 4.78 is 0. The highest BCUT2D eigenvalue weighted by molar-refractivity contribution is 5.79. The first kappa shape index (κ1) is 12.5. The van der Waals surface area contributed by atoms with E-state index in [1.807, 2.05) is 11.9 Å². The molecule has 0 radical (unpaired) electrons. The van der Waals surface area contributed by atoms with Gasteiger partial charge in [-0.15, -0.1) is 0 Å². The fraction of sp³-hybridized carbons (Fsp3) is 0.917. The molecule has 1 saturated heterocycles. The molecule has 0 aromatic heterocycles. The molecule has 0 aromatic rings. The number of hydrogen-bond acceptors (Lipinski definition) is 2. The Morgan fingerprint density at radius 3 is 2.87 bits per heavy atom. The highest BCUT2D eigenvalue weighted by atomic mass is 16.2. The van der Waals surface area contributed by atoms with E-state index in [9.17, 15) is 4.79 Å². The van der Waals surface area contributed by atoms with Crippen LogP contribution in [0.1, 0.15) is 39.5 Å². The van der Waals surface area contributed by atoms with Gasteiger partial charge in [-0.05, 0) is 32.7 Å². The lowest BCUT2D eigenvalue weighted by atomic mass is 9.97. The number of carbonyl (C=O) groups is 1. The molecule has 1 aliphatic heterocycles. The normalized spacial score (nSPS) is 23.5. The molecule has 15 heavy (non-hydrogen) atoms. The van der Waals surface area contributed by atoms with E-state index >= 15 is 0 Å². The van der Waals surface area contributed by atoms with Crippen LogP contribution in [0.5, 0.6) is 0 Å². The van der Waals surface area contributed by atoms with E-state index in [1.54, 1.807) is 0 Å². The minimum absolute atomic E-state index is 0.211. The molecule has 0 saturated carbocycles. The fourth-order valence-electron chi connectivity index (χ4n) is 2.18. The smallest absolute Gasteiger partial charge is 0.226 e. The molecule has 2 atom stereocenters. The van der Waals surface area contributed by atoms with Gasteiger partial charge in [-0.2, -0.15) is 0 Å². The maximum Gasteiger partial charge on any atom is 0.226 e. The van der Waals surface area contributed by atoms with E-state index in [-0.39, 0.29) is 5.92 Å². The van der Waals surface area contributed by atoms with Gasteiger partial charge in [0.15, 0.2) is 0 Å². The third-order valence-corrected chi connectivity index (χ3v) is 3.36. The van der Waals surface area contributed by atoms with Crippen molar-refractivity contribution in [3.05, 3.63) is 0 Å². The van der Waals surface area contributed by atoms with E-state index in [4.69, 9.17) is 0 Å². The molecule has 1 N–H and O–H groups in total. The molecule has 88 valence electrons.